The van der Waals surface area contributed by atoms with Gasteiger partial charge in [-0.05, 0) is 12.0 Å². The summed E-state index contributed by atoms with van der Waals surface area (Å²) in [5.41, 5.74) is 2.16. The molecule has 0 aliphatic carbocycles. The molecule has 7 nitrogen and oxygen atoms in total. The van der Waals surface area contributed by atoms with E-state index < -0.39 is 0 Å². The molecule has 0 bridgehead atoms. The van der Waals surface area contributed by atoms with Gasteiger partial charge in [-0.25, -0.2) is 9.97 Å². The van der Waals surface area contributed by atoms with E-state index in [1.165, 1.54) is 0 Å². The number of benzene rings is 1. The van der Waals surface area contributed by atoms with Crippen LogP contribution in [0.25, 0.3) is 0 Å². The van der Waals surface area contributed by atoms with Gasteiger partial charge in [0.05, 0.1) is 13.2 Å². The Labute approximate surface area is 165 Å². The maximum absolute atomic E-state index is 5.47. The average molecular weight is 378 g/mol. The summed E-state index contributed by atoms with van der Waals surface area (Å²) >= 11 is 0. The van der Waals surface area contributed by atoms with Crippen LogP contribution in [0.2, 0.25) is 0 Å². The predicted octanol–water partition coefficient (Wildman–Crippen LogP) is 2.81. The lowest BCUT2D eigenvalue weighted by Crippen LogP contribution is -2.37. The largest absolute Gasteiger partial charge is 0.378 e. The van der Waals surface area contributed by atoms with Gasteiger partial charge in [-0.15, -0.1) is 0 Å². The van der Waals surface area contributed by atoms with Crippen molar-refractivity contribution in [2.75, 3.05) is 36.5 Å². The Kier molecular flexibility index (Phi) is 5.53. The molecule has 1 aromatic carbocycles. The molecule has 4 rings (SSSR count). The Bertz CT molecular complexity index is 904. The third kappa shape index (κ3) is 3.99. The lowest BCUT2D eigenvalue weighted by Gasteiger charge is -2.28. The fourth-order valence-electron chi connectivity index (χ4n) is 3.39. The number of ether oxygens (including phenoxy) is 1. The van der Waals surface area contributed by atoms with Crippen LogP contribution in [-0.2, 0) is 18.2 Å². The molecule has 3 heterocycles. The van der Waals surface area contributed by atoms with Gasteiger partial charge in [0.25, 0.3) is 0 Å². The molecule has 1 unspecified atom stereocenters. The van der Waals surface area contributed by atoms with E-state index in [0.717, 1.165) is 48.4 Å². The zero-order chi connectivity index (χ0) is 19.3. The smallest absolute Gasteiger partial charge is 0.227 e. The van der Waals surface area contributed by atoms with E-state index >= 15 is 0 Å². The highest BCUT2D eigenvalue weighted by Gasteiger charge is 2.21. The standard InChI is InChI=1S/C21H26N6O/c1-3-17-15-18(25-21(23-17)27-11-13-28-14-12-27)24-19(16-7-5-4-6-8-16)20-22-9-10-26(20)2/h4-10,15,19H,3,11-14H2,1-2H3,(H,23,24,25). The molecular weight excluding hydrogens is 352 g/mol. The number of nitrogens with zero attached hydrogens (tertiary/aromatic N) is 5. The normalized spacial score (nSPS) is 15.4. The van der Waals surface area contributed by atoms with Gasteiger partial charge >= 0.3 is 0 Å². The Morgan fingerprint density at radius 2 is 1.93 bits per heavy atom. The molecule has 3 aromatic rings. The van der Waals surface area contributed by atoms with Gasteiger partial charge in [0.2, 0.25) is 5.95 Å². The minimum Gasteiger partial charge on any atom is -0.378 e. The van der Waals surface area contributed by atoms with Gasteiger partial charge in [-0.2, -0.15) is 4.98 Å². The zero-order valence-corrected chi connectivity index (χ0v) is 16.4. The van der Waals surface area contributed by atoms with Crippen LogP contribution in [0.1, 0.15) is 30.0 Å². The van der Waals surface area contributed by atoms with E-state index in [1.807, 2.05) is 48.3 Å². The molecule has 2 aromatic heterocycles. The number of aryl methyl sites for hydroxylation is 2. The van der Waals surface area contributed by atoms with Crippen LogP contribution in [0.5, 0.6) is 0 Å². The SMILES string of the molecule is CCc1cc(NC(c2ccccc2)c2nccn2C)nc(N2CCOCC2)n1. The molecule has 1 N–H and O–H groups in total. The summed E-state index contributed by atoms with van der Waals surface area (Å²) in [5.74, 6) is 2.51. The molecule has 0 amide bonds. The van der Waals surface area contributed by atoms with E-state index in [9.17, 15) is 0 Å². The van der Waals surface area contributed by atoms with E-state index in [-0.39, 0.29) is 6.04 Å². The maximum atomic E-state index is 5.47. The molecule has 146 valence electrons. The second-order valence-corrected chi connectivity index (χ2v) is 6.88. The van der Waals surface area contributed by atoms with Gasteiger partial charge in [0, 0.05) is 44.3 Å². The molecule has 28 heavy (non-hydrogen) atoms. The first-order chi connectivity index (χ1) is 13.7. The quantitative estimate of drug-likeness (QED) is 0.711. The van der Waals surface area contributed by atoms with Crippen molar-refractivity contribution < 1.29 is 4.74 Å². The van der Waals surface area contributed by atoms with Crippen LogP contribution in [0, 0.1) is 0 Å². The van der Waals surface area contributed by atoms with Crippen molar-refractivity contribution in [1.82, 2.24) is 19.5 Å². The van der Waals surface area contributed by atoms with E-state index in [2.05, 4.69) is 34.3 Å². The molecule has 1 saturated heterocycles. The van der Waals surface area contributed by atoms with E-state index in [0.29, 0.717) is 13.2 Å². The molecule has 7 heteroatoms. The number of imidazole rings is 1. The van der Waals surface area contributed by atoms with Crippen molar-refractivity contribution in [2.24, 2.45) is 7.05 Å². The second kappa shape index (κ2) is 8.39. The van der Waals surface area contributed by atoms with Crippen molar-refractivity contribution in [1.29, 1.82) is 0 Å². The van der Waals surface area contributed by atoms with E-state index in [1.54, 1.807) is 0 Å². The molecule has 1 fully saturated rings. The first-order valence-electron chi connectivity index (χ1n) is 9.74. The van der Waals surface area contributed by atoms with Crippen LogP contribution in [0.15, 0.2) is 48.8 Å². The fourth-order valence-corrected chi connectivity index (χ4v) is 3.39. The van der Waals surface area contributed by atoms with Crippen molar-refractivity contribution in [2.45, 2.75) is 19.4 Å². The number of hydrogen-bond acceptors (Lipinski definition) is 6. The van der Waals surface area contributed by atoms with Crippen LogP contribution in [-0.4, -0.2) is 45.8 Å². The highest BCUT2D eigenvalue weighted by atomic mass is 16.5. The lowest BCUT2D eigenvalue weighted by atomic mass is 10.1. The minimum atomic E-state index is -0.0988. The highest BCUT2D eigenvalue weighted by molar-refractivity contribution is 5.47. The van der Waals surface area contributed by atoms with Crippen molar-refractivity contribution in [3.05, 3.63) is 65.9 Å². The summed E-state index contributed by atoms with van der Waals surface area (Å²) in [6.07, 6.45) is 4.64. The third-order valence-electron chi connectivity index (χ3n) is 4.97. The second-order valence-electron chi connectivity index (χ2n) is 6.88. The Hall–Kier alpha value is -2.93. The molecular formula is C21H26N6O. The van der Waals surface area contributed by atoms with Crippen LogP contribution in [0.4, 0.5) is 11.8 Å². The van der Waals surface area contributed by atoms with Gasteiger partial charge in [-0.1, -0.05) is 37.3 Å². The van der Waals surface area contributed by atoms with E-state index in [4.69, 9.17) is 14.7 Å². The fraction of sp³-hybridized carbons (Fsp3) is 0.381. The molecule has 0 spiro atoms. The first kappa shape index (κ1) is 18.4. The van der Waals surface area contributed by atoms with Crippen LogP contribution >= 0.6 is 0 Å². The third-order valence-corrected chi connectivity index (χ3v) is 4.97. The predicted molar refractivity (Wildman–Crippen MR) is 110 cm³/mol. The maximum Gasteiger partial charge on any atom is 0.227 e. The Morgan fingerprint density at radius 1 is 1.14 bits per heavy atom. The molecule has 1 aliphatic rings. The Morgan fingerprint density at radius 3 is 2.61 bits per heavy atom. The zero-order valence-electron chi connectivity index (χ0n) is 16.4. The number of aromatic nitrogens is 4. The number of hydrogen-bond donors (Lipinski definition) is 1. The number of rotatable bonds is 6. The molecule has 0 radical (unpaired) electrons. The minimum absolute atomic E-state index is 0.0988. The number of morpholine rings is 1. The highest BCUT2D eigenvalue weighted by Crippen LogP contribution is 2.26. The van der Waals surface area contributed by atoms with Gasteiger partial charge in [0.1, 0.15) is 17.7 Å². The van der Waals surface area contributed by atoms with Crippen LogP contribution in [0.3, 0.4) is 0 Å². The van der Waals surface area contributed by atoms with Crippen molar-refractivity contribution in [3.8, 4) is 0 Å². The number of anilines is 2. The summed E-state index contributed by atoms with van der Waals surface area (Å²) in [7, 11) is 2.01. The summed E-state index contributed by atoms with van der Waals surface area (Å²) in [4.78, 5) is 16.3. The lowest BCUT2D eigenvalue weighted by molar-refractivity contribution is 0.122. The monoisotopic (exact) mass is 378 g/mol. The Balaban J connectivity index is 1.69. The topological polar surface area (TPSA) is 68.1 Å². The summed E-state index contributed by atoms with van der Waals surface area (Å²) < 4.78 is 7.51. The van der Waals surface area contributed by atoms with Gasteiger partial charge in [0.15, 0.2) is 0 Å². The molecule has 1 aliphatic heterocycles. The van der Waals surface area contributed by atoms with Gasteiger partial charge in [-0.3, -0.25) is 0 Å². The van der Waals surface area contributed by atoms with Crippen molar-refractivity contribution in [3.63, 3.8) is 0 Å². The summed E-state index contributed by atoms with van der Waals surface area (Å²) in [6, 6.07) is 12.3. The van der Waals surface area contributed by atoms with Crippen molar-refractivity contribution >= 4 is 11.8 Å². The molecule has 1 atom stereocenters. The average Bonchev–Trinajstić information content (AvgIpc) is 3.18. The first-order valence-corrected chi connectivity index (χ1v) is 9.74. The molecule has 0 saturated carbocycles. The van der Waals surface area contributed by atoms with Gasteiger partial charge < -0.3 is 19.5 Å². The number of nitrogens with one attached hydrogen (secondary N) is 1. The van der Waals surface area contributed by atoms with Crippen LogP contribution < -0.4 is 10.2 Å². The summed E-state index contributed by atoms with van der Waals surface area (Å²) in [5, 5.41) is 3.60. The summed E-state index contributed by atoms with van der Waals surface area (Å²) in [6.45, 7) is 5.16.